The number of hydrogen-bond donors (Lipinski definition) is 1. The lowest BCUT2D eigenvalue weighted by Gasteiger charge is -2.01. The molecule has 0 bridgehead atoms. The first-order valence-electron chi connectivity index (χ1n) is 5.10. The van der Waals surface area contributed by atoms with Crippen LogP contribution in [0.2, 0.25) is 0 Å². The van der Waals surface area contributed by atoms with E-state index in [-0.39, 0.29) is 5.25 Å². The molecule has 0 aliphatic heterocycles. The van der Waals surface area contributed by atoms with E-state index in [2.05, 4.69) is 37.5 Å². The second-order valence-electron chi connectivity index (χ2n) is 3.40. The SMILES string of the molecule is C[C@H](C#N)Sc1nnc(Nc2cccc(Br)c2)s1. The summed E-state index contributed by atoms with van der Waals surface area (Å²) in [6.45, 7) is 1.84. The van der Waals surface area contributed by atoms with Gasteiger partial charge >= 0.3 is 0 Å². The number of nitriles is 1. The summed E-state index contributed by atoms with van der Waals surface area (Å²) >= 11 is 6.26. The molecule has 0 spiro atoms. The fourth-order valence-electron chi connectivity index (χ4n) is 1.18. The molecule has 0 saturated heterocycles. The maximum absolute atomic E-state index is 8.73. The van der Waals surface area contributed by atoms with E-state index >= 15 is 0 Å². The number of nitrogens with one attached hydrogen (secondary N) is 1. The summed E-state index contributed by atoms with van der Waals surface area (Å²) in [6.07, 6.45) is 0. The summed E-state index contributed by atoms with van der Waals surface area (Å²) in [5.41, 5.74) is 0.949. The zero-order valence-corrected chi connectivity index (χ0v) is 12.6. The van der Waals surface area contributed by atoms with E-state index in [9.17, 15) is 0 Å². The molecule has 0 saturated carbocycles. The highest BCUT2D eigenvalue weighted by Gasteiger charge is 2.09. The predicted octanol–water partition coefficient (Wildman–Crippen LogP) is 4.05. The molecule has 2 rings (SSSR count). The van der Waals surface area contributed by atoms with E-state index in [0.29, 0.717) is 0 Å². The lowest BCUT2D eigenvalue weighted by Crippen LogP contribution is -1.88. The minimum Gasteiger partial charge on any atom is -0.330 e. The minimum atomic E-state index is -0.114. The molecule has 4 nitrogen and oxygen atoms in total. The van der Waals surface area contributed by atoms with Gasteiger partial charge in [-0.05, 0) is 25.1 Å². The van der Waals surface area contributed by atoms with E-state index in [1.807, 2.05) is 31.2 Å². The second-order valence-corrected chi connectivity index (χ2v) is 6.88. The number of nitrogens with zero attached hydrogens (tertiary/aromatic N) is 3. The van der Waals surface area contributed by atoms with Gasteiger partial charge in [0, 0.05) is 10.2 Å². The third-order valence-corrected chi connectivity index (χ3v) is 4.35. The van der Waals surface area contributed by atoms with E-state index in [1.54, 1.807) is 0 Å². The van der Waals surface area contributed by atoms with Crippen LogP contribution in [0.4, 0.5) is 10.8 Å². The van der Waals surface area contributed by atoms with Crippen molar-refractivity contribution in [2.45, 2.75) is 16.5 Å². The molecule has 0 radical (unpaired) electrons. The Hall–Kier alpha value is -1.10. The monoisotopic (exact) mass is 340 g/mol. The predicted molar refractivity (Wildman–Crippen MR) is 78.3 cm³/mol. The van der Waals surface area contributed by atoms with Crippen LogP contribution in [0.3, 0.4) is 0 Å². The largest absolute Gasteiger partial charge is 0.330 e. The van der Waals surface area contributed by atoms with Crippen molar-refractivity contribution in [1.29, 1.82) is 5.26 Å². The summed E-state index contributed by atoms with van der Waals surface area (Å²) in [5.74, 6) is 0. The molecule has 1 aromatic heterocycles. The van der Waals surface area contributed by atoms with Gasteiger partial charge < -0.3 is 5.32 Å². The molecule has 0 amide bonds. The first-order valence-corrected chi connectivity index (χ1v) is 7.58. The quantitative estimate of drug-likeness (QED) is 0.850. The molecule has 1 N–H and O–H groups in total. The van der Waals surface area contributed by atoms with Crippen molar-refractivity contribution < 1.29 is 0 Å². The van der Waals surface area contributed by atoms with E-state index in [0.717, 1.165) is 19.6 Å². The average molecular weight is 341 g/mol. The first-order chi connectivity index (χ1) is 8.67. The normalized spacial score (nSPS) is 11.8. The van der Waals surface area contributed by atoms with Gasteiger partial charge in [-0.15, -0.1) is 10.2 Å². The van der Waals surface area contributed by atoms with Gasteiger partial charge in [0.25, 0.3) is 0 Å². The highest BCUT2D eigenvalue weighted by molar-refractivity contribution is 9.10. The van der Waals surface area contributed by atoms with Gasteiger partial charge in [-0.25, -0.2) is 0 Å². The van der Waals surface area contributed by atoms with Gasteiger partial charge in [0.1, 0.15) is 0 Å². The Bertz CT molecular complexity index is 578. The number of hydrogen-bond acceptors (Lipinski definition) is 6. The molecule has 7 heteroatoms. The van der Waals surface area contributed by atoms with Gasteiger partial charge in [0.05, 0.1) is 11.3 Å². The van der Waals surface area contributed by atoms with Crippen LogP contribution in [-0.4, -0.2) is 15.4 Å². The van der Waals surface area contributed by atoms with Crippen LogP contribution >= 0.6 is 39.0 Å². The van der Waals surface area contributed by atoms with Crippen LogP contribution in [0, 0.1) is 11.3 Å². The van der Waals surface area contributed by atoms with Crippen LogP contribution in [0.5, 0.6) is 0 Å². The van der Waals surface area contributed by atoms with Crippen molar-refractivity contribution in [3.8, 4) is 6.07 Å². The van der Waals surface area contributed by atoms with E-state index in [1.165, 1.54) is 23.1 Å². The van der Waals surface area contributed by atoms with Crippen LogP contribution in [-0.2, 0) is 0 Å². The van der Waals surface area contributed by atoms with Gasteiger partial charge in [-0.3, -0.25) is 0 Å². The highest BCUT2D eigenvalue weighted by atomic mass is 79.9. The molecule has 0 fully saturated rings. The molecule has 0 unspecified atom stereocenters. The Balaban J connectivity index is 2.05. The second kappa shape index (κ2) is 6.18. The Morgan fingerprint density at radius 2 is 2.33 bits per heavy atom. The molecule has 1 aromatic carbocycles. The topological polar surface area (TPSA) is 61.6 Å². The van der Waals surface area contributed by atoms with Crippen molar-refractivity contribution in [2.24, 2.45) is 0 Å². The van der Waals surface area contributed by atoms with Crippen LogP contribution in [0.15, 0.2) is 33.1 Å². The third-order valence-electron chi connectivity index (χ3n) is 1.94. The van der Waals surface area contributed by atoms with Crippen LogP contribution in [0.1, 0.15) is 6.92 Å². The first kappa shape index (κ1) is 13.3. The van der Waals surface area contributed by atoms with Crippen molar-refractivity contribution in [3.05, 3.63) is 28.7 Å². The van der Waals surface area contributed by atoms with Crippen molar-refractivity contribution in [1.82, 2.24) is 10.2 Å². The summed E-state index contributed by atoms with van der Waals surface area (Å²) in [6, 6.07) is 9.98. The number of halogens is 1. The van der Waals surface area contributed by atoms with E-state index in [4.69, 9.17) is 5.26 Å². The van der Waals surface area contributed by atoms with Gasteiger partial charge in [0.15, 0.2) is 4.34 Å². The van der Waals surface area contributed by atoms with Crippen molar-refractivity contribution >= 4 is 49.8 Å². The zero-order chi connectivity index (χ0) is 13.0. The molecule has 18 heavy (non-hydrogen) atoms. The molecule has 1 heterocycles. The molecule has 1 atom stereocenters. The zero-order valence-electron chi connectivity index (χ0n) is 9.42. The van der Waals surface area contributed by atoms with Gasteiger partial charge in [0.2, 0.25) is 5.13 Å². The summed E-state index contributed by atoms with van der Waals surface area (Å²) in [5, 5.41) is 20.6. The average Bonchev–Trinajstić information content (AvgIpc) is 2.76. The fraction of sp³-hybridized carbons (Fsp3) is 0.182. The third kappa shape index (κ3) is 3.70. The number of benzene rings is 1. The maximum Gasteiger partial charge on any atom is 0.210 e. The lowest BCUT2D eigenvalue weighted by atomic mass is 10.3. The molecule has 2 aromatic rings. The van der Waals surface area contributed by atoms with Gasteiger partial charge in [-0.2, -0.15) is 5.26 Å². The Morgan fingerprint density at radius 3 is 3.06 bits per heavy atom. The highest BCUT2D eigenvalue weighted by Crippen LogP contribution is 2.30. The van der Waals surface area contributed by atoms with Crippen molar-refractivity contribution in [3.63, 3.8) is 0 Å². The number of aromatic nitrogens is 2. The number of anilines is 2. The maximum atomic E-state index is 8.73. The molecule has 0 aliphatic carbocycles. The fourth-order valence-corrected chi connectivity index (χ4v) is 3.38. The van der Waals surface area contributed by atoms with Crippen molar-refractivity contribution in [2.75, 3.05) is 5.32 Å². The standard InChI is InChI=1S/C11H9BrN4S2/c1-7(6-13)17-11-16-15-10(18-11)14-9-4-2-3-8(12)5-9/h2-5,7H,1H3,(H,14,15)/t7-/m1/s1. The van der Waals surface area contributed by atoms with E-state index < -0.39 is 0 Å². The number of thioether (sulfide) groups is 1. The summed E-state index contributed by atoms with van der Waals surface area (Å²) in [7, 11) is 0. The Kier molecular flexibility index (Phi) is 4.58. The summed E-state index contributed by atoms with van der Waals surface area (Å²) in [4.78, 5) is 0. The minimum absolute atomic E-state index is 0.114. The molecular formula is C11H9BrN4S2. The van der Waals surface area contributed by atoms with Crippen LogP contribution in [0.25, 0.3) is 0 Å². The molecular weight excluding hydrogens is 332 g/mol. The van der Waals surface area contributed by atoms with Crippen LogP contribution < -0.4 is 5.32 Å². The Labute approximate surface area is 122 Å². The molecule has 92 valence electrons. The van der Waals surface area contributed by atoms with Gasteiger partial charge in [-0.1, -0.05) is 45.1 Å². The number of rotatable bonds is 4. The smallest absolute Gasteiger partial charge is 0.210 e. The molecule has 0 aliphatic rings. The lowest BCUT2D eigenvalue weighted by molar-refractivity contribution is 1.01. The summed E-state index contributed by atoms with van der Waals surface area (Å²) < 4.78 is 1.80. The Morgan fingerprint density at radius 1 is 1.50 bits per heavy atom.